The van der Waals surface area contributed by atoms with Crippen molar-refractivity contribution in [1.82, 2.24) is 15.5 Å². The maximum atomic E-state index is 12.3. The van der Waals surface area contributed by atoms with Crippen LogP contribution in [-0.2, 0) is 32.9 Å². The second-order valence-corrected chi connectivity index (χ2v) is 11.5. The molecule has 2 aliphatic rings. The van der Waals surface area contributed by atoms with Crippen molar-refractivity contribution in [3.63, 3.8) is 0 Å². The highest BCUT2D eigenvalue weighted by Crippen LogP contribution is 2.34. The van der Waals surface area contributed by atoms with Crippen LogP contribution in [-0.4, -0.2) is 61.1 Å². The van der Waals surface area contributed by atoms with E-state index in [9.17, 15) is 4.79 Å². The molecule has 0 spiro atoms. The number of fused-ring (bicyclic) bond motifs is 1. The van der Waals surface area contributed by atoms with Gasteiger partial charge in [0.25, 0.3) is 0 Å². The van der Waals surface area contributed by atoms with Crippen LogP contribution >= 0.6 is 58.5 Å². The minimum absolute atomic E-state index is 0. The molecule has 0 amide bonds. The number of thiophene rings is 1. The van der Waals surface area contributed by atoms with Crippen LogP contribution in [0.2, 0.25) is 15.1 Å². The molecular weight excluding hydrogens is 658 g/mol. The van der Waals surface area contributed by atoms with Crippen molar-refractivity contribution in [3.05, 3.63) is 85.0 Å². The molecular formula is C25H28Cl4N4O6S2. The lowest BCUT2D eigenvalue weighted by Gasteiger charge is -2.33. The zero-order valence-corrected chi connectivity index (χ0v) is 26.3. The molecule has 4 N–H and O–H groups in total. The van der Waals surface area contributed by atoms with Gasteiger partial charge in [-0.2, -0.15) is 8.42 Å². The van der Waals surface area contributed by atoms with Gasteiger partial charge in [0, 0.05) is 36.1 Å². The van der Waals surface area contributed by atoms with Crippen LogP contribution in [0.15, 0.2) is 58.9 Å². The monoisotopic (exact) mass is 684 g/mol. The average molecular weight is 686 g/mol. The van der Waals surface area contributed by atoms with Crippen molar-refractivity contribution in [3.8, 4) is 0 Å². The Bertz CT molecular complexity index is 1420. The molecule has 224 valence electrons. The molecule has 0 bridgehead atoms. The normalized spacial score (nSPS) is 14.8. The summed E-state index contributed by atoms with van der Waals surface area (Å²) in [5, 5.41) is 9.98. The van der Waals surface area contributed by atoms with E-state index in [0.29, 0.717) is 20.8 Å². The van der Waals surface area contributed by atoms with Crippen LogP contribution in [0.1, 0.15) is 22.0 Å². The highest BCUT2D eigenvalue weighted by Gasteiger charge is 2.32. The van der Waals surface area contributed by atoms with Crippen molar-refractivity contribution < 1.29 is 27.1 Å². The second-order valence-electron chi connectivity index (χ2n) is 8.37. The third kappa shape index (κ3) is 10.9. The summed E-state index contributed by atoms with van der Waals surface area (Å²) in [5.74, 6) is 0.460. The quantitative estimate of drug-likeness (QED) is 0.204. The largest absolute Gasteiger partial charge is 0.468 e. The Morgan fingerprint density at radius 1 is 1.02 bits per heavy atom. The smallest absolute Gasteiger partial charge is 0.394 e. The number of rotatable bonds is 4. The number of carbonyl (C=O) groups is 1. The van der Waals surface area contributed by atoms with Gasteiger partial charge in [-0.05, 0) is 47.2 Å². The van der Waals surface area contributed by atoms with E-state index in [-0.39, 0.29) is 18.4 Å². The first-order chi connectivity index (χ1) is 19.0. The molecule has 0 unspecified atom stereocenters. The van der Waals surface area contributed by atoms with E-state index in [1.54, 1.807) is 29.5 Å². The second kappa shape index (κ2) is 16.5. The number of ether oxygens (including phenoxy) is 1. The summed E-state index contributed by atoms with van der Waals surface area (Å²) in [5.41, 5.74) is 2.71. The molecule has 0 saturated carbocycles. The van der Waals surface area contributed by atoms with Crippen LogP contribution in [0.25, 0.3) is 0 Å². The molecule has 3 heterocycles. The first kappa shape index (κ1) is 35.1. The van der Waals surface area contributed by atoms with Gasteiger partial charge in [-0.25, -0.2) is 9.79 Å². The first-order valence-electron chi connectivity index (χ1n) is 11.8. The fourth-order valence-corrected chi connectivity index (χ4v) is 5.59. The molecule has 3 aromatic rings. The van der Waals surface area contributed by atoms with Crippen molar-refractivity contribution in [1.29, 1.82) is 0 Å². The van der Waals surface area contributed by atoms with Crippen molar-refractivity contribution >= 4 is 86.6 Å². The molecule has 5 rings (SSSR count). The number of nitrogens with zero attached hydrogens (tertiary/aromatic N) is 2. The van der Waals surface area contributed by atoms with Crippen LogP contribution in [0, 0.1) is 0 Å². The highest BCUT2D eigenvalue weighted by atomic mass is 35.5. The van der Waals surface area contributed by atoms with Crippen LogP contribution in [0.3, 0.4) is 0 Å². The Morgan fingerprint density at radius 2 is 1.61 bits per heavy atom. The summed E-state index contributed by atoms with van der Waals surface area (Å²) in [7, 11) is -3.24. The predicted octanol–water partition coefficient (Wildman–Crippen LogP) is 5.62. The number of hydrogen-bond donors (Lipinski definition) is 4. The Kier molecular flexibility index (Phi) is 14.1. The summed E-state index contributed by atoms with van der Waals surface area (Å²) in [6.07, 6.45) is 0.963. The minimum Gasteiger partial charge on any atom is -0.468 e. The lowest BCUT2D eigenvalue weighted by Crippen LogP contribution is -2.38. The van der Waals surface area contributed by atoms with E-state index < -0.39 is 16.4 Å². The molecule has 1 fully saturated rings. The molecule has 41 heavy (non-hydrogen) atoms. The third-order valence-corrected chi connectivity index (χ3v) is 7.67. The van der Waals surface area contributed by atoms with E-state index in [1.807, 2.05) is 24.3 Å². The fraction of sp³-hybridized carbons (Fsp3) is 0.280. The number of hydrogen-bond acceptors (Lipinski definition) is 7. The van der Waals surface area contributed by atoms with Gasteiger partial charge in [0.05, 0.1) is 17.2 Å². The van der Waals surface area contributed by atoms with Gasteiger partial charge < -0.3 is 15.4 Å². The summed E-state index contributed by atoms with van der Waals surface area (Å²) < 4.78 is 36.6. The number of carbonyl (C=O) groups excluding carboxylic acids is 1. The van der Waals surface area contributed by atoms with E-state index in [0.717, 1.165) is 44.1 Å². The summed E-state index contributed by atoms with van der Waals surface area (Å²) >= 11 is 20.0. The maximum Gasteiger partial charge on any atom is 0.394 e. The molecule has 2 aromatic carbocycles. The molecule has 1 aromatic heterocycles. The van der Waals surface area contributed by atoms with Gasteiger partial charge in [0.1, 0.15) is 11.7 Å². The topological polar surface area (TPSA) is 141 Å². The molecule has 1 saturated heterocycles. The molecule has 0 aliphatic carbocycles. The Labute approximate surface area is 263 Å². The van der Waals surface area contributed by atoms with Gasteiger partial charge in [-0.1, -0.05) is 59.1 Å². The average Bonchev–Trinajstić information content (AvgIpc) is 3.59. The number of methoxy groups -OCH3 is 1. The first-order valence-corrected chi connectivity index (χ1v) is 15.2. The van der Waals surface area contributed by atoms with Gasteiger partial charge in [-0.15, -0.1) is 23.7 Å². The lowest BCUT2D eigenvalue weighted by molar-refractivity contribution is -0.147. The highest BCUT2D eigenvalue weighted by molar-refractivity contribution is 7.79. The zero-order chi connectivity index (χ0) is 29.3. The van der Waals surface area contributed by atoms with E-state index in [1.165, 1.54) is 17.6 Å². The van der Waals surface area contributed by atoms with Gasteiger partial charge in [0.2, 0.25) is 0 Å². The van der Waals surface area contributed by atoms with E-state index in [4.69, 9.17) is 57.1 Å². The number of aliphatic imine (C=N–C) groups is 1. The third-order valence-electron chi connectivity index (χ3n) is 5.70. The SMILES string of the molecule is COC(=O)[C@H](c1ccccc1Cl)N1CCc2sccc2C1.Cl.Clc1cccc(Cl)c1N=C1NCCN1.O=S(=O)(O)O. The summed E-state index contributed by atoms with van der Waals surface area (Å²) in [4.78, 5) is 20.1. The van der Waals surface area contributed by atoms with E-state index in [2.05, 4.69) is 32.0 Å². The maximum absolute atomic E-state index is 12.3. The molecule has 10 nitrogen and oxygen atoms in total. The lowest BCUT2D eigenvalue weighted by atomic mass is 10.0. The number of benzene rings is 2. The van der Waals surface area contributed by atoms with Gasteiger partial charge in [0.15, 0.2) is 5.96 Å². The van der Waals surface area contributed by atoms with Crippen LogP contribution < -0.4 is 10.6 Å². The van der Waals surface area contributed by atoms with Crippen LogP contribution in [0.5, 0.6) is 0 Å². The minimum atomic E-state index is -4.67. The van der Waals surface area contributed by atoms with Crippen molar-refractivity contribution in [2.45, 2.75) is 19.0 Å². The Balaban J connectivity index is 0.000000254. The van der Waals surface area contributed by atoms with E-state index >= 15 is 0 Å². The fourth-order valence-electron chi connectivity index (χ4n) is 3.98. The molecule has 16 heteroatoms. The van der Waals surface area contributed by atoms with Gasteiger partial charge in [-0.3, -0.25) is 14.0 Å². The Morgan fingerprint density at radius 3 is 2.20 bits per heavy atom. The standard InChI is InChI=1S/C16H16ClNO2S.C9H9Cl2N3.ClH.H2O4S/c1-20-16(19)15(12-4-2-3-5-13(12)17)18-8-6-14-11(10-18)7-9-21-14;10-6-2-1-3-7(11)8(6)14-9-12-4-5-13-9;;1-5(2,3)4/h2-5,7,9,15H,6,8,10H2,1H3;1-3H,4-5H2,(H2,12,13,14);1H;(H2,1,2,3,4)/t15-;;;/m0.../s1. The zero-order valence-electron chi connectivity index (χ0n) is 21.6. The molecule has 2 aliphatic heterocycles. The predicted molar refractivity (Wildman–Crippen MR) is 166 cm³/mol. The molecule has 1 atom stereocenters. The number of para-hydroxylation sites is 1. The Hall–Kier alpha value is -2.13. The number of guanidine groups is 1. The van der Waals surface area contributed by atoms with Gasteiger partial charge >= 0.3 is 16.4 Å². The number of nitrogens with one attached hydrogen (secondary N) is 2. The van der Waals surface area contributed by atoms with Crippen molar-refractivity contribution in [2.75, 3.05) is 26.7 Å². The van der Waals surface area contributed by atoms with Crippen molar-refractivity contribution in [2.24, 2.45) is 4.99 Å². The number of halogens is 4. The van der Waals surface area contributed by atoms with Crippen LogP contribution in [0.4, 0.5) is 5.69 Å². The number of esters is 1. The molecule has 0 radical (unpaired) electrons. The summed E-state index contributed by atoms with van der Waals surface area (Å²) in [6, 6.07) is 14.5. The summed E-state index contributed by atoms with van der Waals surface area (Å²) in [6.45, 7) is 3.34.